The summed E-state index contributed by atoms with van der Waals surface area (Å²) >= 11 is 3.57. The van der Waals surface area contributed by atoms with Gasteiger partial charge in [0.2, 0.25) is 0 Å². The van der Waals surface area contributed by atoms with Crippen molar-refractivity contribution in [3.05, 3.63) is 34.3 Å². The number of benzene rings is 1. The van der Waals surface area contributed by atoms with E-state index in [0.29, 0.717) is 5.92 Å². The second-order valence-corrected chi connectivity index (χ2v) is 6.06. The fraction of sp³-hybridized carbons (Fsp3) is 0.600. The van der Waals surface area contributed by atoms with Crippen molar-refractivity contribution in [2.24, 2.45) is 11.7 Å². The van der Waals surface area contributed by atoms with Gasteiger partial charge in [0.1, 0.15) is 0 Å². The van der Waals surface area contributed by atoms with Gasteiger partial charge in [0.05, 0.1) is 0 Å². The summed E-state index contributed by atoms with van der Waals surface area (Å²) in [6, 6.07) is 8.35. The number of halogens is 1. The first-order valence-electron chi connectivity index (χ1n) is 6.77. The van der Waals surface area contributed by atoms with Gasteiger partial charge >= 0.3 is 0 Å². The van der Waals surface area contributed by atoms with Crippen LogP contribution in [0.25, 0.3) is 0 Å². The minimum atomic E-state index is 0.113. The summed E-state index contributed by atoms with van der Waals surface area (Å²) in [5, 5.41) is 0. The van der Waals surface area contributed by atoms with Crippen LogP contribution in [-0.4, -0.2) is 24.5 Å². The SMILES string of the molecule is CCN(CCC(N)c1ccccc1Br)CC(C)C. The Morgan fingerprint density at radius 3 is 2.50 bits per heavy atom. The van der Waals surface area contributed by atoms with Crippen molar-refractivity contribution < 1.29 is 0 Å². The Kier molecular flexibility index (Phi) is 6.90. The molecule has 0 aliphatic carbocycles. The number of rotatable bonds is 7. The Morgan fingerprint density at radius 1 is 1.28 bits per heavy atom. The molecule has 102 valence electrons. The lowest BCUT2D eigenvalue weighted by molar-refractivity contribution is 0.247. The highest BCUT2D eigenvalue weighted by Crippen LogP contribution is 2.23. The minimum absolute atomic E-state index is 0.113. The van der Waals surface area contributed by atoms with Gasteiger partial charge in [0.25, 0.3) is 0 Å². The van der Waals surface area contributed by atoms with Crippen molar-refractivity contribution in [1.82, 2.24) is 4.90 Å². The first-order valence-corrected chi connectivity index (χ1v) is 7.56. The second-order valence-electron chi connectivity index (χ2n) is 5.20. The van der Waals surface area contributed by atoms with Gasteiger partial charge in [-0.15, -0.1) is 0 Å². The van der Waals surface area contributed by atoms with Crippen LogP contribution >= 0.6 is 15.9 Å². The zero-order chi connectivity index (χ0) is 13.5. The Labute approximate surface area is 120 Å². The van der Waals surface area contributed by atoms with Crippen molar-refractivity contribution in [2.45, 2.75) is 33.2 Å². The molecule has 18 heavy (non-hydrogen) atoms. The summed E-state index contributed by atoms with van der Waals surface area (Å²) in [6.07, 6.45) is 1.00. The molecule has 1 unspecified atom stereocenters. The van der Waals surface area contributed by atoms with Crippen LogP contribution in [0.15, 0.2) is 28.7 Å². The van der Waals surface area contributed by atoms with Gasteiger partial charge in [-0.2, -0.15) is 0 Å². The van der Waals surface area contributed by atoms with E-state index in [4.69, 9.17) is 5.73 Å². The Bertz CT molecular complexity index is 352. The Balaban J connectivity index is 2.50. The third kappa shape index (κ3) is 5.09. The third-order valence-corrected chi connectivity index (χ3v) is 3.85. The summed E-state index contributed by atoms with van der Waals surface area (Å²) in [5.41, 5.74) is 7.48. The molecule has 0 amide bonds. The van der Waals surface area contributed by atoms with Crippen LogP contribution in [0.5, 0.6) is 0 Å². The third-order valence-electron chi connectivity index (χ3n) is 3.13. The van der Waals surface area contributed by atoms with Crippen LogP contribution in [0.4, 0.5) is 0 Å². The van der Waals surface area contributed by atoms with E-state index in [9.17, 15) is 0 Å². The van der Waals surface area contributed by atoms with E-state index in [2.05, 4.69) is 53.7 Å². The fourth-order valence-electron chi connectivity index (χ4n) is 2.15. The van der Waals surface area contributed by atoms with E-state index < -0.39 is 0 Å². The molecule has 1 atom stereocenters. The molecule has 0 radical (unpaired) electrons. The van der Waals surface area contributed by atoms with Crippen molar-refractivity contribution in [1.29, 1.82) is 0 Å². The van der Waals surface area contributed by atoms with E-state index >= 15 is 0 Å². The maximum atomic E-state index is 6.27. The molecular weight excluding hydrogens is 288 g/mol. The smallest absolute Gasteiger partial charge is 0.0318 e. The zero-order valence-electron chi connectivity index (χ0n) is 11.7. The molecule has 0 aromatic heterocycles. The van der Waals surface area contributed by atoms with E-state index in [-0.39, 0.29) is 6.04 Å². The number of nitrogens with two attached hydrogens (primary N) is 1. The lowest BCUT2D eigenvalue weighted by atomic mass is 10.0. The predicted molar refractivity (Wildman–Crippen MR) is 82.6 cm³/mol. The molecule has 2 N–H and O–H groups in total. The van der Waals surface area contributed by atoms with Gasteiger partial charge in [0.15, 0.2) is 0 Å². The molecule has 0 saturated carbocycles. The molecule has 1 rings (SSSR count). The molecule has 0 spiro atoms. The van der Waals surface area contributed by atoms with Crippen LogP contribution in [0, 0.1) is 5.92 Å². The summed E-state index contributed by atoms with van der Waals surface area (Å²) < 4.78 is 1.12. The second kappa shape index (κ2) is 7.93. The highest BCUT2D eigenvalue weighted by Gasteiger charge is 2.12. The lowest BCUT2D eigenvalue weighted by Gasteiger charge is -2.24. The van der Waals surface area contributed by atoms with E-state index in [1.807, 2.05) is 12.1 Å². The van der Waals surface area contributed by atoms with Crippen LogP contribution in [0.3, 0.4) is 0 Å². The molecule has 0 aliphatic rings. The monoisotopic (exact) mass is 312 g/mol. The largest absolute Gasteiger partial charge is 0.324 e. The standard InChI is InChI=1S/C15H25BrN2/c1-4-18(11-12(2)3)10-9-15(17)13-7-5-6-8-14(13)16/h5-8,12,15H,4,9-11,17H2,1-3H3. The van der Waals surface area contributed by atoms with Gasteiger partial charge in [-0.3, -0.25) is 0 Å². The zero-order valence-corrected chi connectivity index (χ0v) is 13.3. The van der Waals surface area contributed by atoms with E-state index in [1.165, 1.54) is 5.56 Å². The van der Waals surface area contributed by atoms with Gasteiger partial charge in [-0.25, -0.2) is 0 Å². The average molecular weight is 313 g/mol. The van der Waals surface area contributed by atoms with Crippen molar-refractivity contribution in [3.63, 3.8) is 0 Å². The van der Waals surface area contributed by atoms with E-state index in [0.717, 1.165) is 30.5 Å². The molecule has 0 heterocycles. The molecule has 2 nitrogen and oxygen atoms in total. The fourth-order valence-corrected chi connectivity index (χ4v) is 2.73. The number of hydrogen-bond donors (Lipinski definition) is 1. The summed E-state index contributed by atoms with van der Waals surface area (Å²) in [6.45, 7) is 10.1. The van der Waals surface area contributed by atoms with Crippen molar-refractivity contribution in [3.8, 4) is 0 Å². The van der Waals surface area contributed by atoms with Crippen molar-refractivity contribution >= 4 is 15.9 Å². The van der Waals surface area contributed by atoms with Crippen LogP contribution in [0.2, 0.25) is 0 Å². The molecule has 0 aliphatic heterocycles. The van der Waals surface area contributed by atoms with Gasteiger partial charge < -0.3 is 10.6 Å². The number of hydrogen-bond acceptors (Lipinski definition) is 2. The molecule has 3 heteroatoms. The highest BCUT2D eigenvalue weighted by atomic mass is 79.9. The van der Waals surface area contributed by atoms with Crippen molar-refractivity contribution in [2.75, 3.05) is 19.6 Å². The first-order chi connectivity index (χ1) is 8.54. The lowest BCUT2D eigenvalue weighted by Crippen LogP contribution is -2.30. The molecule has 1 aromatic carbocycles. The summed E-state index contributed by atoms with van der Waals surface area (Å²) in [7, 11) is 0. The van der Waals surface area contributed by atoms with Crippen LogP contribution in [0.1, 0.15) is 38.8 Å². The van der Waals surface area contributed by atoms with E-state index in [1.54, 1.807) is 0 Å². The molecule has 0 fully saturated rings. The van der Waals surface area contributed by atoms with Crippen LogP contribution in [-0.2, 0) is 0 Å². The summed E-state index contributed by atoms with van der Waals surface area (Å²) in [4.78, 5) is 2.47. The normalized spacial score (nSPS) is 13.3. The minimum Gasteiger partial charge on any atom is -0.324 e. The van der Waals surface area contributed by atoms with Gasteiger partial charge in [0, 0.05) is 17.1 Å². The molecule has 1 aromatic rings. The van der Waals surface area contributed by atoms with Gasteiger partial charge in [-0.05, 0) is 37.1 Å². The molecule has 0 saturated heterocycles. The highest BCUT2D eigenvalue weighted by molar-refractivity contribution is 9.10. The van der Waals surface area contributed by atoms with Gasteiger partial charge in [-0.1, -0.05) is 54.9 Å². The topological polar surface area (TPSA) is 29.3 Å². The molecular formula is C15H25BrN2. The Hall–Kier alpha value is -0.380. The maximum absolute atomic E-state index is 6.27. The average Bonchev–Trinajstić information content (AvgIpc) is 2.34. The summed E-state index contributed by atoms with van der Waals surface area (Å²) in [5.74, 6) is 0.713. The van der Waals surface area contributed by atoms with Crippen LogP contribution < -0.4 is 5.73 Å². The molecule has 0 bridgehead atoms. The quantitative estimate of drug-likeness (QED) is 0.829. The number of nitrogens with zero attached hydrogens (tertiary/aromatic N) is 1. The maximum Gasteiger partial charge on any atom is 0.0318 e. The predicted octanol–water partition coefficient (Wildman–Crippen LogP) is 3.82. The Morgan fingerprint density at radius 2 is 1.94 bits per heavy atom. The first kappa shape index (κ1) is 15.7.